The number of ether oxygens (including phenoxy) is 1. The average Bonchev–Trinajstić information content (AvgIpc) is 2.74. The highest BCUT2D eigenvalue weighted by Gasteiger charge is 2.19. The van der Waals surface area contributed by atoms with E-state index in [4.69, 9.17) is 4.74 Å². The number of aromatic carboxylic acids is 1. The molecule has 0 radical (unpaired) electrons. The van der Waals surface area contributed by atoms with Gasteiger partial charge in [-0.15, -0.1) is 11.8 Å². The summed E-state index contributed by atoms with van der Waals surface area (Å²) in [5.41, 5.74) is 2.77. The predicted octanol–water partition coefficient (Wildman–Crippen LogP) is 7.36. The molecule has 172 valence electrons. The third kappa shape index (κ3) is 7.27. The molecule has 0 saturated heterocycles. The number of hydrogen-bond donors (Lipinski definition) is 1. The number of carbonyl (C=O) groups is 2. The molecule has 5 heteroatoms. The lowest BCUT2D eigenvalue weighted by Crippen LogP contribution is -2.12. The van der Waals surface area contributed by atoms with E-state index in [2.05, 4.69) is 6.92 Å². The number of carbonyl (C=O) groups excluding carboxylic acids is 1. The highest BCUT2D eigenvalue weighted by molar-refractivity contribution is 7.99. The van der Waals surface area contributed by atoms with E-state index in [1.807, 2.05) is 49.9 Å². The summed E-state index contributed by atoms with van der Waals surface area (Å²) >= 11 is 1.82. The van der Waals surface area contributed by atoms with Crippen LogP contribution in [0, 0.1) is 13.8 Å². The number of thioether (sulfide) groups is 1. The van der Waals surface area contributed by atoms with Crippen LogP contribution in [0.4, 0.5) is 0 Å². The molecule has 0 aliphatic rings. The molecular formula is C27H34O4S. The highest BCUT2D eigenvalue weighted by atomic mass is 32.2. The lowest BCUT2D eigenvalue weighted by atomic mass is 9.97. The smallest absolute Gasteiger partial charge is 0.336 e. The molecule has 2 aromatic carbocycles. The van der Waals surface area contributed by atoms with Crippen LogP contribution in [0.1, 0.15) is 83.9 Å². The van der Waals surface area contributed by atoms with E-state index in [0.717, 1.165) is 5.75 Å². The van der Waals surface area contributed by atoms with E-state index >= 15 is 0 Å². The van der Waals surface area contributed by atoms with E-state index in [9.17, 15) is 14.7 Å². The van der Waals surface area contributed by atoms with Crippen molar-refractivity contribution in [3.63, 3.8) is 0 Å². The summed E-state index contributed by atoms with van der Waals surface area (Å²) in [6.07, 6.45) is 8.11. The Labute approximate surface area is 196 Å². The second-order valence-electron chi connectivity index (χ2n) is 8.21. The van der Waals surface area contributed by atoms with Gasteiger partial charge in [0.15, 0.2) is 5.78 Å². The Kier molecular flexibility index (Phi) is 10.0. The van der Waals surface area contributed by atoms with Crippen LogP contribution in [0.2, 0.25) is 0 Å². The fraction of sp³-hybridized carbons (Fsp3) is 0.407. The van der Waals surface area contributed by atoms with Crippen LogP contribution in [0.15, 0.2) is 41.3 Å². The van der Waals surface area contributed by atoms with Crippen molar-refractivity contribution in [2.24, 2.45) is 0 Å². The largest absolute Gasteiger partial charge is 0.490 e. The van der Waals surface area contributed by atoms with Crippen LogP contribution >= 0.6 is 11.8 Å². The van der Waals surface area contributed by atoms with E-state index in [1.165, 1.54) is 36.7 Å². The van der Waals surface area contributed by atoms with Gasteiger partial charge >= 0.3 is 5.97 Å². The van der Waals surface area contributed by atoms with Gasteiger partial charge in [-0.05, 0) is 87.9 Å². The summed E-state index contributed by atoms with van der Waals surface area (Å²) in [5, 5.41) is 9.55. The number of aryl methyl sites for hydroxylation is 1. The minimum atomic E-state index is -0.983. The van der Waals surface area contributed by atoms with Crippen LogP contribution in [-0.4, -0.2) is 28.7 Å². The van der Waals surface area contributed by atoms with Crippen molar-refractivity contribution < 1.29 is 19.4 Å². The maximum absolute atomic E-state index is 12.7. The lowest BCUT2D eigenvalue weighted by Gasteiger charge is -2.18. The van der Waals surface area contributed by atoms with Gasteiger partial charge in [0.05, 0.1) is 11.7 Å². The van der Waals surface area contributed by atoms with E-state index in [-0.39, 0.29) is 17.5 Å². The standard InChI is InChI=1S/C27H34O4S/c1-6-7-8-9-16-32-23-13-10-21(11-14-23)24(28)15-12-22-17-19(4)25(27(29)30)20(5)26(22)31-18(2)3/h10-15,17-18H,6-9,16H2,1-5H3,(H,29,30)/b15-12+. The van der Waals surface area contributed by atoms with Gasteiger partial charge in [-0.3, -0.25) is 4.79 Å². The molecule has 0 bridgehead atoms. The minimum Gasteiger partial charge on any atom is -0.490 e. The molecule has 0 aliphatic carbocycles. The van der Waals surface area contributed by atoms with Gasteiger partial charge in [0.1, 0.15) is 5.75 Å². The van der Waals surface area contributed by atoms with Gasteiger partial charge in [-0.2, -0.15) is 0 Å². The van der Waals surface area contributed by atoms with Gasteiger partial charge in [-0.25, -0.2) is 4.79 Å². The van der Waals surface area contributed by atoms with Crippen molar-refractivity contribution in [1.82, 2.24) is 0 Å². The molecule has 32 heavy (non-hydrogen) atoms. The third-order valence-electron chi connectivity index (χ3n) is 5.13. The Morgan fingerprint density at radius 2 is 1.78 bits per heavy atom. The zero-order valence-electron chi connectivity index (χ0n) is 19.7. The van der Waals surface area contributed by atoms with Gasteiger partial charge < -0.3 is 9.84 Å². The number of carboxylic acids is 1. The molecule has 2 rings (SSSR count). The molecule has 0 spiro atoms. The minimum absolute atomic E-state index is 0.0994. The SMILES string of the molecule is CCCCCCSc1ccc(C(=O)/C=C/c2cc(C)c(C(=O)O)c(C)c2OC(C)C)cc1. The first-order chi connectivity index (χ1) is 15.2. The number of ketones is 1. The molecule has 1 N–H and O–H groups in total. The quantitative estimate of drug-likeness (QED) is 0.157. The third-order valence-corrected chi connectivity index (χ3v) is 6.23. The van der Waals surface area contributed by atoms with Crippen LogP contribution in [0.25, 0.3) is 6.08 Å². The molecule has 0 heterocycles. The molecule has 0 saturated carbocycles. The van der Waals surface area contributed by atoms with Crippen molar-refractivity contribution >= 4 is 29.6 Å². The number of carboxylic acid groups (broad SMARTS) is 1. The summed E-state index contributed by atoms with van der Waals surface area (Å²) in [4.78, 5) is 25.5. The second kappa shape index (κ2) is 12.5. The molecule has 0 fully saturated rings. The maximum atomic E-state index is 12.7. The summed E-state index contributed by atoms with van der Waals surface area (Å²) in [6.45, 7) is 9.49. The topological polar surface area (TPSA) is 63.6 Å². The molecule has 0 amide bonds. The average molecular weight is 455 g/mol. The fourth-order valence-corrected chi connectivity index (χ4v) is 4.45. The molecule has 0 aliphatic heterocycles. The zero-order chi connectivity index (χ0) is 23.7. The molecule has 0 atom stereocenters. The van der Waals surface area contributed by atoms with E-state index in [0.29, 0.717) is 28.0 Å². The van der Waals surface area contributed by atoms with Crippen LogP contribution in [0.3, 0.4) is 0 Å². The first kappa shape index (κ1) is 25.7. The molecule has 4 nitrogen and oxygen atoms in total. The van der Waals surface area contributed by atoms with Gasteiger partial charge in [-0.1, -0.05) is 26.2 Å². The van der Waals surface area contributed by atoms with Crippen molar-refractivity contribution in [2.45, 2.75) is 71.3 Å². The fourth-order valence-electron chi connectivity index (χ4n) is 3.54. The van der Waals surface area contributed by atoms with Crippen molar-refractivity contribution in [3.05, 3.63) is 64.2 Å². The normalized spacial score (nSPS) is 11.3. The number of rotatable bonds is 12. The summed E-state index contributed by atoms with van der Waals surface area (Å²) in [6, 6.07) is 9.47. The first-order valence-corrected chi connectivity index (χ1v) is 12.2. The number of hydrogen-bond acceptors (Lipinski definition) is 4. The molecule has 2 aromatic rings. The second-order valence-corrected chi connectivity index (χ2v) is 9.38. The van der Waals surface area contributed by atoms with Crippen LogP contribution < -0.4 is 4.74 Å². The van der Waals surface area contributed by atoms with Crippen molar-refractivity contribution in [1.29, 1.82) is 0 Å². The van der Waals surface area contributed by atoms with Gasteiger partial charge in [0, 0.05) is 21.6 Å². The Hall–Kier alpha value is -2.53. The maximum Gasteiger partial charge on any atom is 0.336 e. The lowest BCUT2D eigenvalue weighted by molar-refractivity contribution is 0.0694. The molecule has 0 aromatic heterocycles. The zero-order valence-corrected chi connectivity index (χ0v) is 20.6. The first-order valence-electron chi connectivity index (χ1n) is 11.2. The molecule has 0 unspecified atom stereocenters. The number of unbranched alkanes of at least 4 members (excludes halogenated alkanes) is 3. The summed E-state index contributed by atoms with van der Waals surface area (Å²) in [5.74, 6) is 0.514. The number of benzene rings is 2. The summed E-state index contributed by atoms with van der Waals surface area (Å²) < 4.78 is 5.91. The van der Waals surface area contributed by atoms with E-state index < -0.39 is 5.97 Å². The van der Waals surface area contributed by atoms with Crippen LogP contribution in [-0.2, 0) is 0 Å². The van der Waals surface area contributed by atoms with Crippen molar-refractivity contribution in [2.75, 3.05) is 5.75 Å². The highest BCUT2D eigenvalue weighted by Crippen LogP contribution is 2.32. The Morgan fingerprint density at radius 1 is 1.09 bits per heavy atom. The van der Waals surface area contributed by atoms with Gasteiger partial charge in [0.2, 0.25) is 0 Å². The number of allylic oxidation sites excluding steroid dienone is 1. The van der Waals surface area contributed by atoms with Crippen LogP contribution in [0.5, 0.6) is 5.75 Å². The Morgan fingerprint density at radius 3 is 2.38 bits per heavy atom. The van der Waals surface area contributed by atoms with E-state index in [1.54, 1.807) is 26.0 Å². The Bertz CT molecular complexity index is 959. The van der Waals surface area contributed by atoms with Gasteiger partial charge in [0.25, 0.3) is 0 Å². The van der Waals surface area contributed by atoms with Crippen molar-refractivity contribution in [3.8, 4) is 5.75 Å². The summed E-state index contributed by atoms with van der Waals surface area (Å²) in [7, 11) is 0. The predicted molar refractivity (Wildman–Crippen MR) is 133 cm³/mol. The Balaban J connectivity index is 2.16. The monoisotopic (exact) mass is 454 g/mol. The molecular weight excluding hydrogens is 420 g/mol.